The van der Waals surface area contributed by atoms with E-state index >= 15 is 0 Å². The lowest BCUT2D eigenvalue weighted by Crippen LogP contribution is -1.92. The van der Waals surface area contributed by atoms with E-state index in [2.05, 4.69) is 15.9 Å². The molecule has 0 amide bonds. The number of halogens is 3. The fourth-order valence-corrected chi connectivity index (χ4v) is 2.19. The molecule has 0 saturated heterocycles. The summed E-state index contributed by atoms with van der Waals surface area (Å²) in [5.74, 6) is 0.441. The van der Waals surface area contributed by atoms with Crippen molar-refractivity contribution < 1.29 is 9.13 Å². The molecular weight excluding hydrogens is 319 g/mol. The molecule has 0 aliphatic carbocycles. The van der Waals surface area contributed by atoms with Gasteiger partial charge in [-0.15, -0.1) is 0 Å². The van der Waals surface area contributed by atoms with Gasteiger partial charge >= 0.3 is 0 Å². The minimum Gasteiger partial charge on any atom is -0.454 e. The highest BCUT2D eigenvalue weighted by Gasteiger charge is 2.09. The van der Waals surface area contributed by atoms with E-state index in [0.717, 1.165) is 11.1 Å². The van der Waals surface area contributed by atoms with Crippen molar-refractivity contribution in [1.82, 2.24) is 0 Å². The van der Waals surface area contributed by atoms with Crippen molar-refractivity contribution >= 4 is 27.5 Å². The maximum absolute atomic E-state index is 13.6. The van der Waals surface area contributed by atoms with Crippen molar-refractivity contribution in [3.63, 3.8) is 0 Å². The smallest absolute Gasteiger partial charge is 0.165 e. The van der Waals surface area contributed by atoms with Gasteiger partial charge in [0.1, 0.15) is 5.75 Å². The first-order valence-corrected chi connectivity index (χ1v) is 6.88. The first kappa shape index (κ1) is 13.4. The molecular formula is C14H11BrClFO. The Kier molecular flexibility index (Phi) is 4.25. The van der Waals surface area contributed by atoms with Crippen LogP contribution in [0.2, 0.25) is 5.02 Å². The molecule has 94 valence electrons. The predicted octanol–water partition coefficient (Wildman–Crippen LogP) is 5.47. The van der Waals surface area contributed by atoms with Crippen molar-refractivity contribution in [1.29, 1.82) is 0 Å². The van der Waals surface area contributed by atoms with E-state index in [1.54, 1.807) is 30.3 Å². The SMILES string of the molecule is Cc1ccc(F)c(Oc2ccc(Cl)cc2CBr)c1. The molecule has 0 aromatic heterocycles. The lowest BCUT2D eigenvalue weighted by atomic mass is 10.2. The fraction of sp³-hybridized carbons (Fsp3) is 0.143. The maximum atomic E-state index is 13.6. The predicted molar refractivity (Wildman–Crippen MR) is 75.3 cm³/mol. The minimum absolute atomic E-state index is 0.222. The molecule has 2 aromatic rings. The van der Waals surface area contributed by atoms with Gasteiger partial charge in [0, 0.05) is 15.9 Å². The summed E-state index contributed by atoms with van der Waals surface area (Å²) < 4.78 is 19.2. The van der Waals surface area contributed by atoms with Crippen LogP contribution in [0.25, 0.3) is 0 Å². The first-order valence-electron chi connectivity index (χ1n) is 5.38. The van der Waals surface area contributed by atoms with Crippen LogP contribution in [0.3, 0.4) is 0 Å². The summed E-state index contributed by atoms with van der Waals surface area (Å²) in [6, 6.07) is 10.0. The number of ether oxygens (including phenoxy) is 1. The molecule has 0 fully saturated rings. The van der Waals surface area contributed by atoms with Crippen molar-refractivity contribution in [2.45, 2.75) is 12.3 Å². The molecule has 0 N–H and O–H groups in total. The molecule has 0 bridgehead atoms. The standard InChI is InChI=1S/C14H11BrClFO/c1-9-2-4-12(17)14(6-9)18-13-5-3-11(16)7-10(13)8-15/h2-7H,8H2,1H3. The summed E-state index contributed by atoms with van der Waals surface area (Å²) in [6.45, 7) is 1.89. The third kappa shape index (κ3) is 3.03. The van der Waals surface area contributed by atoms with E-state index in [4.69, 9.17) is 16.3 Å². The Hall–Kier alpha value is -1.06. The van der Waals surface area contributed by atoms with E-state index in [-0.39, 0.29) is 11.6 Å². The van der Waals surface area contributed by atoms with Crippen molar-refractivity contribution in [2.24, 2.45) is 0 Å². The summed E-state index contributed by atoms with van der Waals surface area (Å²) in [5.41, 5.74) is 1.82. The molecule has 0 aliphatic heterocycles. The van der Waals surface area contributed by atoms with Crippen LogP contribution in [0.1, 0.15) is 11.1 Å². The van der Waals surface area contributed by atoms with Gasteiger partial charge in [0.05, 0.1) is 0 Å². The van der Waals surface area contributed by atoms with Crippen LogP contribution in [0.15, 0.2) is 36.4 Å². The quantitative estimate of drug-likeness (QED) is 0.678. The molecule has 0 aliphatic rings. The third-order valence-corrected chi connectivity index (χ3v) is 3.31. The van der Waals surface area contributed by atoms with Gasteiger partial charge in [0.15, 0.2) is 11.6 Å². The molecule has 0 unspecified atom stereocenters. The average Bonchev–Trinajstić information content (AvgIpc) is 2.36. The highest BCUT2D eigenvalue weighted by atomic mass is 79.9. The van der Waals surface area contributed by atoms with Crippen molar-refractivity contribution in [2.75, 3.05) is 0 Å². The van der Waals surface area contributed by atoms with E-state index in [1.165, 1.54) is 6.07 Å². The zero-order valence-corrected chi connectivity index (χ0v) is 12.1. The Morgan fingerprint density at radius 2 is 1.94 bits per heavy atom. The number of rotatable bonds is 3. The lowest BCUT2D eigenvalue weighted by molar-refractivity contribution is 0.439. The first-order chi connectivity index (χ1) is 8.60. The number of aryl methyl sites for hydroxylation is 1. The molecule has 2 rings (SSSR count). The Balaban J connectivity index is 2.36. The number of hydrogen-bond donors (Lipinski definition) is 0. The van der Waals surface area contributed by atoms with Gasteiger partial charge in [-0.2, -0.15) is 0 Å². The van der Waals surface area contributed by atoms with Gasteiger partial charge in [-0.3, -0.25) is 0 Å². The largest absolute Gasteiger partial charge is 0.454 e. The van der Waals surface area contributed by atoms with Crippen LogP contribution in [0, 0.1) is 12.7 Å². The Bertz CT molecular complexity index is 572. The summed E-state index contributed by atoms with van der Waals surface area (Å²) >= 11 is 9.26. The minimum atomic E-state index is -0.379. The summed E-state index contributed by atoms with van der Waals surface area (Å²) in [5, 5.41) is 1.22. The van der Waals surface area contributed by atoms with Crippen molar-refractivity contribution in [3.05, 3.63) is 58.4 Å². The molecule has 18 heavy (non-hydrogen) atoms. The van der Waals surface area contributed by atoms with Gasteiger partial charge in [0.25, 0.3) is 0 Å². The van der Waals surface area contributed by atoms with Crippen molar-refractivity contribution in [3.8, 4) is 11.5 Å². The second-order valence-electron chi connectivity index (χ2n) is 3.92. The van der Waals surface area contributed by atoms with Crippen LogP contribution in [0.5, 0.6) is 11.5 Å². The van der Waals surface area contributed by atoms with E-state index in [9.17, 15) is 4.39 Å². The van der Waals surface area contributed by atoms with Crippen LogP contribution in [0.4, 0.5) is 4.39 Å². The summed E-state index contributed by atoms with van der Waals surface area (Å²) in [6.07, 6.45) is 0. The number of hydrogen-bond acceptors (Lipinski definition) is 1. The zero-order chi connectivity index (χ0) is 13.1. The van der Waals surface area contributed by atoms with Crippen LogP contribution in [-0.2, 0) is 5.33 Å². The zero-order valence-electron chi connectivity index (χ0n) is 9.71. The van der Waals surface area contributed by atoms with E-state index < -0.39 is 0 Å². The van der Waals surface area contributed by atoms with Gasteiger partial charge in [-0.1, -0.05) is 33.6 Å². The van der Waals surface area contributed by atoms with Gasteiger partial charge < -0.3 is 4.74 Å². The topological polar surface area (TPSA) is 9.23 Å². The second-order valence-corrected chi connectivity index (χ2v) is 4.92. The normalized spacial score (nSPS) is 10.4. The monoisotopic (exact) mass is 328 g/mol. The lowest BCUT2D eigenvalue weighted by Gasteiger charge is -2.11. The summed E-state index contributed by atoms with van der Waals surface area (Å²) in [7, 11) is 0. The van der Waals surface area contributed by atoms with Gasteiger partial charge in [-0.05, 0) is 42.8 Å². The molecule has 0 radical (unpaired) electrons. The van der Waals surface area contributed by atoms with Crippen LogP contribution < -0.4 is 4.74 Å². The van der Waals surface area contributed by atoms with Crippen LogP contribution >= 0.6 is 27.5 Å². The molecule has 2 aromatic carbocycles. The maximum Gasteiger partial charge on any atom is 0.165 e. The molecule has 0 saturated carbocycles. The Morgan fingerprint density at radius 3 is 2.67 bits per heavy atom. The summed E-state index contributed by atoms with van der Waals surface area (Å²) in [4.78, 5) is 0. The van der Waals surface area contributed by atoms with Gasteiger partial charge in [-0.25, -0.2) is 4.39 Å². The highest BCUT2D eigenvalue weighted by Crippen LogP contribution is 2.31. The number of benzene rings is 2. The molecule has 0 spiro atoms. The third-order valence-electron chi connectivity index (χ3n) is 2.47. The fourth-order valence-electron chi connectivity index (χ4n) is 1.56. The highest BCUT2D eigenvalue weighted by molar-refractivity contribution is 9.08. The molecule has 0 atom stereocenters. The van der Waals surface area contributed by atoms with E-state index in [0.29, 0.717) is 16.1 Å². The number of alkyl halides is 1. The average molecular weight is 330 g/mol. The molecule has 4 heteroatoms. The second kappa shape index (κ2) is 5.72. The van der Waals surface area contributed by atoms with Gasteiger partial charge in [0.2, 0.25) is 0 Å². The molecule has 0 heterocycles. The van der Waals surface area contributed by atoms with E-state index in [1.807, 2.05) is 6.92 Å². The van der Waals surface area contributed by atoms with Crippen LogP contribution in [-0.4, -0.2) is 0 Å². The Labute approximate surface area is 119 Å². The Morgan fingerprint density at radius 1 is 1.17 bits per heavy atom. The molecule has 1 nitrogen and oxygen atoms in total.